The second kappa shape index (κ2) is 12.3. The summed E-state index contributed by atoms with van der Waals surface area (Å²) in [6.45, 7) is 5.16. The Morgan fingerprint density at radius 2 is 2.06 bits per heavy atom. The number of hydrogen-bond acceptors (Lipinski definition) is 12. The van der Waals surface area contributed by atoms with E-state index in [1.807, 2.05) is 0 Å². The Hall–Kier alpha value is -2.07. The SMILES string of the molecule is NC(CCSC[C@H]1O[C@@H](n2cnc3c(NCCCN4CCOCC4)ncnc32)[C@H](O)[C@@H]1O)C(=O)O. The molecule has 2 aromatic rings. The molecule has 4 rings (SSSR count). The van der Waals surface area contributed by atoms with Crippen molar-refractivity contribution in [1.29, 1.82) is 0 Å². The number of hydrogen-bond donors (Lipinski definition) is 5. The summed E-state index contributed by atoms with van der Waals surface area (Å²) < 4.78 is 12.9. The molecule has 2 saturated heterocycles. The summed E-state index contributed by atoms with van der Waals surface area (Å²) in [7, 11) is 0. The van der Waals surface area contributed by atoms with Gasteiger partial charge < -0.3 is 35.8 Å². The van der Waals surface area contributed by atoms with Crippen molar-refractivity contribution < 1.29 is 29.6 Å². The van der Waals surface area contributed by atoms with E-state index in [2.05, 4.69) is 25.2 Å². The first-order valence-electron chi connectivity index (χ1n) is 11.7. The normalized spacial score (nSPS) is 26.3. The van der Waals surface area contributed by atoms with Crippen LogP contribution in [-0.4, -0.2) is 121 Å². The van der Waals surface area contributed by atoms with Crippen LogP contribution in [0.1, 0.15) is 19.1 Å². The highest BCUT2D eigenvalue weighted by Crippen LogP contribution is 2.33. The number of aliphatic carboxylic acids is 1. The molecule has 0 saturated carbocycles. The fraction of sp³-hybridized carbons (Fsp3) is 0.714. The summed E-state index contributed by atoms with van der Waals surface area (Å²) in [4.78, 5) is 26.3. The van der Waals surface area contributed by atoms with Crippen molar-refractivity contribution in [2.75, 3.05) is 56.2 Å². The van der Waals surface area contributed by atoms with E-state index in [4.69, 9.17) is 20.3 Å². The van der Waals surface area contributed by atoms with Gasteiger partial charge in [0.2, 0.25) is 0 Å². The first kappa shape index (κ1) is 26.0. The minimum Gasteiger partial charge on any atom is -0.480 e. The number of aliphatic hydroxyl groups excluding tert-OH is 2. The van der Waals surface area contributed by atoms with Gasteiger partial charge in [-0.05, 0) is 25.1 Å². The molecule has 2 aromatic heterocycles. The fourth-order valence-electron chi connectivity index (χ4n) is 4.13. The molecule has 13 nitrogen and oxygen atoms in total. The Bertz CT molecular complexity index is 975. The fourth-order valence-corrected chi connectivity index (χ4v) is 5.23. The van der Waals surface area contributed by atoms with Gasteiger partial charge in [-0.3, -0.25) is 14.3 Å². The van der Waals surface area contributed by atoms with Crippen molar-refractivity contribution in [2.24, 2.45) is 5.73 Å². The lowest BCUT2D eigenvalue weighted by molar-refractivity contribution is -0.138. The number of anilines is 1. The number of nitrogens with two attached hydrogens (primary N) is 1. The predicted molar refractivity (Wildman–Crippen MR) is 129 cm³/mol. The van der Waals surface area contributed by atoms with Gasteiger partial charge >= 0.3 is 5.97 Å². The predicted octanol–water partition coefficient (Wildman–Crippen LogP) is -0.885. The molecule has 194 valence electrons. The van der Waals surface area contributed by atoms with Crippen LogP contribution in [0.2, 0.25) is 0 Å². The molecule has 6 N–H and O–H groups in total. The largest absolute Gasteiger partial charge is 0.480 e. The number of carboxylic acids is 1. The number of nitrogens with one attached hydrogen (secondary N) is 1. The Morgan fingerprint density at radius 3 is 2.83 bits per heavy atom. The number of nitrogens with zero attached hydrogens (tertiary/aromatic N) is 5. The molecule has 0 aliphatic carbocycles. The van der Waals surface area contributed by atoms with Gasteiger partial charge in [0.15, 0.2) is 23.2 Å². The summed E-state index contributed by atoms with van der Waals surface area (Å²) in [5.41, 5.74) is 6.57. The Kier molecular flexibility index (Phi) is 9.10. The molecule has 0 spiro atoms. The Balaban J connectivity index is 1.33. The van der Waals surface area contributed by atoms with Crippen LogP contribution in [0.25, 0.3) is 11.2 Å². The van der Waals surface area contributed by atoms with Crippen LogP contribution in [0, 0.1) is 0 Å². The van der Waals surface area contributed by atoms with Crippen molar-refractivity contribution in [3.63, 3.8) is 0 Å². The average Bonchev–Trinajstić information content (AvgIpc) is 3.41. The van der Waals surface area contributed by atoms with Crippen LogP contribution < -0.4 is 11.1 Å². The summed E-state index contributed by atoms with van der Waals surface area (Å²) in [5.74, 6) is 0.449. The van der Waals surface area contributed by atoms with Crippen LogP contribution in [0.4, 0.5) is 5.82 Å². The van der Waals surface area contributed by atoms with Crippen molar-refractivity contribution in [3.8, 4) is 0 Å². The van der Waals surface area contributed by atoms with Crippen LogP contribution in [0.15, 0.2) is 12.7 Å². The highest BCUT2D eigenvalue weighted by Gasteiger charge is 2.44. The highest BCUT2D eigenvalue weighted by molar-refractivity contribution is 7.99. The van der Waals surface area contributed by atoms with Crippen molar-refractivity contribution >= 4 is 34.7 Å². The molecule has 14 heteroatoms. The molecule has 1 unspecified atom stereocenters. The molecule has 0 aromatic carbocycles. The van der Waals surface area contributed by atoms with Crippen molar-refractivity contribution in [3.05, 3.63) is 12.7 Å². The third-order valence-electron chi connectivity index (χ3n) is 6.19. The molecule has 4 heterocycles. The number of carboxylic acid groups (broad SMARTS) is 1. The lowest BCUT2D eigenvalue weighted by Crippen LogP contribution is -2.37. The van der Waals surface area contributed by atoms with Gasteiger partial charge in [0, 0.05) is 25.4 Å². The molecule has 2 aliphatic rings. The zero-order chi connectivity index (χ0) is 24.8. The molecule has 0 bridgehead atoms. The van der Waals surface area contributed by atoms with Gasteiger partial charge in [-0.2, -0.15) is 11.8 Å². The Morgan fingerprint density at radius 1 is 1.26 bits per heavy atom. The minimum atomic E-state index is -1.17. The number of rotatable bonds is 12. The molecule has 2 fully saturated rings. The maximum atomic E-state index is 10.8. The van der Waals surface area contributed by atoms with Gasteiger partial charge in [0.1, 0.15) is 24.6 Å². The number of carbonyl (C=O) groups is 1. The number of thioether (sulfide) groups is 1. The lowest BCUT2D eigenvalue weighted by atomic mass is 10.1. The number of aromatic nitrogens is 4. The average molecular weight is 512 g/mol. The Labute approximate surface area is 207 Å². The van der Waals surface area contributed by atoms with E-state index < -0.39 is 36.6 Å². The number of morpholine rings is 1. The molecular formula is C21H33N7O6S. The zero-order valence-corrected chi connectivity index (χ0v) is 20.2. The van der Waals surface area contributed by atoms with Gasteiger partial charge in [0.25, 0.3) is 0 Å². The van der Waals surface area contributed by atoms with Gasteiger partial charge in [-0.15, -0.1) is 0 Å². The molecule has 0 radical (unpaired) electrons. The van der Waals surface area contributed by atoms with Gasteiger partial charge in [-0.1, -0.05) is 0 Å². The third-order valence-corrected chi connectivity index (χ3v) is 7.28. The summed E-state index contributed by atoms with van der Waals surface area (Å²) in [5, 5.41) is 33.3. The quantitative estimate of drug-likeness (QED) is 0.222. The molecule has 35 heavy (non-hydrogen) atoms. The van der Waals surface area contributed by atoms with E-state index in [0.717, 1.165) is 45.8 Å². The minimum absolute atomic E-state index is 0.306. The third kappa shape index (κ3) is 6.39. The van der Waals surface area contributed by atoms with Crippen LogP contribution in [0.5, 0.6) is 0 Å². The van der Waals surface area contributed by atoms with E-state index in [1.54, 1.807) is 4.57 Å². The standard InChI is InChI=1S/C21H33N7O6S/c22-13(21(31)32)2-9-35-10-14-16(29)17(30)20(34-14)28-12-26-15-18(24-11-25-19(15)28)23-3-1-4-27-5-7-33-8-6-27/h11-14,16-17,20,29-30H,1-10,22H2,(H,31,32)(H,23,24,25)/t13?,14-,16-,17-,20-/m1/s1. The first-order chi connectivity index (χ1) is 17.0. The van der Waals surface area contributed by atoms with E-state index in [-0.39, 0.29) is 0 Å². The van der Waals surface area contributed by atoms with E-state index in [9.17, 15) is 15.0 Å². The summed E-state index contributed by atoms with van der Waals surface area (Å²) in [6, 6.07) is -0.922. The number of fused-ring (bicyclic) bond motifs is 1. The number of aliphatic hydroxyl groups is 2. The van der Waals surface area contributed by atoms with Gasteiger partial charge in [-0.25, -0.2) is 15.0 Å². The van der Waals surface area contributed by atoms with E-state index in [1.165, 1.54) is 24.4 Å². The first-order valence-corrected chi connectivity index (χ1v) is 12.9. The van der Waals surface area contributed by atoms with E-state index >= 15 is 0 Å². The second-order valence-corrected chi connectivity index (χ2v) is 9.79. The topological polar surface area (TPSA) is 181 Å². The van der Waals surface area contributed by atoms with Crippen LogP contribution in [-0.2, 0) is 14.3 Å². The number of ether oxygens (including phenoxy) is 2. The highest BCUT2D eigenvalue weighted by atomic mass is 32.2. The smallest absolute Gasteiger partial charge is 0.320 e. The summed E-state index contributed by atoms with van der Waals surface area (Å²) in [6.07, 6.45) is 0.461. The van der Waals surface area contributed by atoms with Gasteiger partial charge in [0.05, 0.1) is 25.6 Å². The molecule has 5 atom stereocenters. The second-order valence-electron chi connectivity index (χ2n) is 8.64. The summed E-state index contributed by atoms with van der Waals surface area (Å²) >= 11 is 1.42. The van der Waals surface area contributed by atoms with Crippen LogP contribution in [0.3, 0.4) is 0 Å². The van der Waals surface area contributed by atoms with Crippen LogP contribution >= 0.6 is 11.8 Å². The number of imidazole rings is 1. The van der Waals surface area contributed by atoms with E-state index in [0.29, 0.717) is 34.9 Å². The maximum Gasteiger partial charge on any atom is 0.320 e. The molecule has 0 amide bonds. The zero-order valence-electron chi connectivity index (χ0n) is 19.4. The lowest BCUT2D eigenvalue weighted by Gasteiger charge is -2.26. The molecular weight excluding hydrogens is 478 g/mol. The maximum absolute atomic E-state index is 10.8. The van der Waals surface area contributed by atoms with Crippen molar-refractivity contribution in [2.45, 2.75) is 43.4 Å². The monoisotopic (exact) mass is 511 g/mol. The molecule has 2 aliphatic heterocycles. The van der Waals surface area contributed by atoms with Crippen molar-refractivity contribution in [1.82, 2.24) is 24.4 Å².